The molecule has 1 aliphatic heterocycles. The summed E-state index contributed by atoms with van der Waals surface area (Å²) in [5.74, 6) is -4.14. The monoisotopic (exact) mass is 449 g/mol. The highest BCUT2D eigenvalue weighted by molar-refractivity contribution is 5.93. The highest BCUT2D eigenvalue weighted by atomic mass is 19.1. The van der Waals surface area contributed by atoms with E-state index in [4.69, 9.17) is 4.52 Å². The maximum Gasteiger partial charge on any atom is 0.309 e. The molecule has 8 nitrogen and oxygen atoms in total. The van der Waals surface area contributed by atoms with Crippen LogP contribution < -0.4 is 5.32 Å². The Morgan fingerprint density at radius 3 is 2.66 bits per heavy atom. The summed E-state index contributed by atoms with van der Waals surface area (Å²) in [5, 5.41) is 26.4. The lowest BCUT2D eigenvalue weighted by Crippen LogP contribution is -2.58. The third-order valence-electron chi connectivity index (χ3n) is 6.38. The first-order valence-corrected chi connectivity index (χ1v) is 10.7. The van der Waals surface area contributed by atoms with E-state index in [0.29, 0.717) is 25.5 Å². The molecular formula is C22H25F2N3O5. The van der Waals surface area contributed by atoms with E-state index >= 15 is 0 Å². The van der Waals surface area contributed by atoms with Crippen LogP contribution in [0, 0.1) is 17.6 Å². The number of nitrogens with zero attached hydrogens (tertiary/aromatic N) is 2. The zero-order valence-electron chi connectivity index (χ0n) is 17.3. The minimum atomic E-state index is -1.03. The van der Waals surface area contributed by atoms with Gasteiger partial charge < -0.3 is 20.1 Å². The molecule has 1 aromatic carbocycles. The fourth-order valence-corrected chi connectivity index (χ4v) is 4.66. The van der Waals surface area contributed by atoms with Crippen LogP contribution in [0.25, 0.3) is 11.3 Å². The molecule has 172 valence electrons. The summed E-state index contributed by atoms with van der Waals surface area (Å²) in [7, 11) is 0. The smallest absolute Gasteiger partial charge is 0.309 e. The molecule has 0 spiro atoms. The molecule has 2 aromatic rings. The molecule has 0 radical (unpaired) electrons. The fraction of sp³-hybridized carbons (Fsp3) is 0.500. The van der Waals surface area contributed by atoms with Gasteiger partial charge in [-0.05, 0) is 31.4 Å². The Morgan fingerprint density at radius 1 is 1.16 bits per heavy atom. The highest BCUT2D eigenvalue weighted by Crippen LogP contribution is 2.29. The Balaban J connectivity index is 1.43. The molecule has 1 saturated carbocycles. The van der Waals surface area contributed by atoms with Gasteiger partial charge in [-0.25, -0.2) is 8.78 Å². The Morgan fingerprint density at radius 2 is 1.94 bits per heavy atom. The zero-order valence-corrected chi connectivity index (χ0v) is 17.3. The molecule has 2 fully saturated rings. The van der Waals surface area contributed by atoms with Crippen molar-refractivity contribution >= 4 is 11.9 Å². The van der Waals surface area contributed by atoms with E-state index in [1.165, 1.54) is 12.1 Å². The molecule has 3 N–H and O–H groups in total. The molecule has 0 bridgehead atoms. The maximum absolute atomic E-state index is 14.0. The van der Waals surface area contributed by atoms with E-state index in [0.717, 1.165) is 25.3 Å². The van der Waals surface area contributed by atoms with E-state index < -0.39 is 41.6 Å². The van der Waals surface area contributed by atoms with Crippen molar-refractivity contribution in [1.82, 2.24) is 15.4 Å². The van der Waals surface area contributed by atoms with Gasteiger partial charge >= 0.3 is 5.97 Å². The van der Waals surface area contributed by atoms with Gasteiger partial charge in [-0.3, -0.25) is 14.5 Å². The van der Waals surface area contributed by atoms with Crippen molar-refractivity contribution < 1.29 is 33.1 Å². The second-order valence-corrected chi connectivity index (χ2v) is 8.43. The van der Waals surface area contributed by atoms with Crippen molar-refractivity contribution in [3.05, 3.63) is 41.6 Å². The number of hydrogen-bond acceptors (Lipinski definition) is 6. The van der Waals surface area contributed by atoms with Gasteiger partial charge in [0.2, 0.25) is 0 Å². The van der Waals surface area contributed by atoms with Crippen LogP contribution >= 0.6 is 0 Å². The lowest BCUT2D eigenvalue weighted by molar-refractivity contribution is -0.145. The number of halogens is 2. The molecule has 1 aromatic heterocycles. The topological polar surface area (TPSA) is 116 Å². The number of likely N-dealkylation sites (tertiary alicyclic amines) is 1. The molecular weight excluding hydrogens is 424 g/mol. The van der Waals surface area contributed by atoms with Crippen molar-refractivity contribution in [2.45, 2.75) is 50.3 Å². The minimum Gasteiger partial charge on any atom is -0.481 e. The van der Waals surface area contributed by atoms with E-state index in [9.17, 15) is 28.6 Å². The Kier molecular flexibility index (Phi) is 6.52. The molecule has 2 aliphatic rings. The van der Waals surface area contributed by atoms with Crippen LogP contribution in [-0.2, 0) is 4.79 Å². The van der Waals surface area contributed by atoms with Crippen LogP contribution in [0.5, 0.6) is 0 Å². The van der Waals surface area contributed by atoms with Gasteiger partial charge in [0.15, 0.2) is 11.5 Å². The summed E-state index contributed by atoms with van der Waals surface area (Å²) in [6.07, 6.45) is 3.44. The van der Waals surface area contributed by atoms with Crippen LogP contribution in [0.1, 0.15) is 42.6 Å². The number of aromatic nitrogens is 1. The van der Waals surface area contributed by atoms with Crippen LogP contribution in [0.4, 0.5) is 8.78 Å². The predicted molar refractivity (Wildman–Crippen MR) is 109 cm³/mol. The normalized spacial score (nSPS) is 26.6. The number of carbonyl (C=O) groups is 2. The number of hydrogen-bond donors (Lipinski definition) is 3. The van der Waals surface area contributed by atoms with Gasteiger partial charge in [0, 0.05) is 37.3 Å². The number of aliphatic hydroxyl groups excluding tert-OH is 1. The largest absolute Gasteiger partial charge is 0.481 e. The summed E-state index contributed by atoms with van der Waals surface area (Å²) in [6.45, 7) is 0.786. The fourth-order valence-electron chi connectivity index (χ4n) is 4.66. The Hall–Kier alpha value is -2.85. The van der Waals surface area contributed by atoms with Crippen LogP contribution in [0.3, 0.4) is 0 Å². The zero-order chi connectivity index (χ0) is 22.8. The molecule has 0 unspecified atom stereocenters. The van der Waals surface area contributed by atoms with E-state index in [-0.39, 0.29) is 29.6 Å². The molecule has 4 rings (SSSR count). The van der Waals surface area contributed by atoms with E-state index in [1.807, 2.05) is 4.90 Å². The lowest BCUT2D eigenvalue weighted by Gasteiger charge is -2.43. The number of aliphatic carboxylic acids is 1. The number of carboxylic acid groups (broad SMARTS) is 1. The minimum absolute atomic E-state index is 0.0384. The number of carboxylic acids is 1. The molecule has 1 aliphatic carbocycles. The molecule has 32 heavy (non-hydrogen) atoms. The lowest BCUT2D eigenvalue weighted by atomic mass is 9.86. The summed E-state index contributed by atoms with van der Waals surface area (Å²) >= 11 is 0. The van der Waals surface area contributed by atoms with Gasteiger partial charge in [-0.2, -0.15) is 0 Å². The standard InChI is InChI=1S/C22H25F2N3O5/c23-12-5-6-13(15(24)9-12)20-10-17(26-32-20)21(29)25-16-7-8-27(11-14(16)22(30)31)18-3-1-2-4-19(18)28/h5-6,9-10,14,16,18-19,28H,1-4,7-8,11H2,(H,25,29)(H,30,31)/t14-,16-,18-,19-/m0/s1. The number of rotatable bonds is 5. The van der Waals surface area contributed by atoms with Gasteiger partial charge in [-0.15, -0.1) is 0 Å². The first kappa shape index (κ1) is 22.3. The average Bonchev–Trinajstić information content (AvgIpc) is 3.24. The van der Waals surface area contributed by atoms with Gasteiger partial charge in [0.05, 0.1) is 17.6 Å². The summed E-state index contributed by atoms with van der Waals surface area (Å²) < 4.78 is 32.1. The summed E-state index contributed by atoms with van der Waals surface area (Å²) in [5.41, 5.74) is -0.168. The highest BCUT2D eigenvalue weighted by Gasteiger charge is 2.40. The third kappa shape index (κ3) is 4.66. The van der Waals surface area contributed by atoms with E-state index in [1.54, 1.807) is 0 Å². The molecule has 1 amide bonds. The van der Waals surface area contributed by atoms with Crippen LogP contribution in [0.2, 0.25) is 0 Å². The first-order chi connectivity index (χ1) is 15.3. The van der Waals surface area contributed by atoms with Crippen molar-refractivity contribution in [3.63, 3.8) is 0 Å². The first-order valence-electron chi connectivity index (χ1n) is 10.7. The summed E-state index contributed by atoms with van der Waals surface area (Å²) in [6, 6.07) is 3.49. The SMILES string of the molecule is O=C(N[C@H]1CCN([C@H]2CCCC[C@@H]2O)C[C@@H]1C(=O)O)c1cc(-c2ccc(F)cc2F)on1. The van der Waals surface area contributed by atoms with Crippen molar-refractivity contribution in [2.75, 3.05) is 13.1 Å². The summed E-state index contributed by atoms with van der Waals surface area (Å²) in [4.78, 5) is 26.6. The Labute approximate surface area is 183 Å². The molecule has 4 atom stereocenters. The van der Waals surface area contributed by atoms with Crippen LogP contribution in [-0.4, -0.2) is 63.4 Å². The second-order valence-electron chi connectivity index (χ2n) is 8.43. The van der Waals surface area contributed by atoms with Gasteiger partial charge in [-0.1, -0.05) is 18.0 Å². The van der Waals surface area contributed by atoms with E-state index in [2.05, 4.69) is 10.5 Å². The Bertz CT molecular complexity index is 998. The van der Waals surface area contributed by atoms with Gasteiger partial charge in [0.25, 0.3) is 5.91 Å². The number of aliphatic hydroxyl groups is 1. The number of piperidine rings is 1. The second kappa shape index (κ2) is 9.33. The third-order valence-corrected chi connectivity index (χ3v) is 6.38. The number of amides is 1. The predicted octanol–water partition coefficient (Wildman–Crippen LogP) is 2.43. The number of benzene rings is 1. The number of carbonyl (C=O) groups excluding carboxylic acids is 1. The average molecular weight is 449 g/mol. The quantitative estimate of drug-likeness (QED) is 0.642. The van der Waals surface area contributed by atoms with Crippen molar-refractivity contribution in [3.8, 4) is 11.3 Å². The van der Waals surface area contributed by atoms with Crippen molar-refractivity contribution in [1.29, 1.82) is 0 Å². The van der Waals surface area contributed by atoms with Crippen molar-refractivity contribution in [2.24, 2.45) is 5.92 Å². The van der Waals surface area contributed by atoms with Crippen LogP contribution in [0.15, 0.2) is 28.8 Å². The molecule has 1 saturated heterocycles. The molecule has 2 heterocycles. The maximum atomic E-state index is 14.0. The molecule has 10 heteroatoms. The van der Waals surface area contributed by atoms with Gasteiger partial charge in [0.1, 0.15) is 11.6 Å². The number of nitrogens with one attached hydrogen (secondary N) is 1.